The van der Waals surface area contributed by atoms with Crippen molar-refractivity contribution in [1.82, 2.24) is 38.7 Å². The molecule has 0 saturated heterocycles. The van der Waals surface area contributed by atoms with E-state index in [4.69, 9.17) is 0 Å². The van der Waals surface area contributed by atoms with E-state index in [0.717, 1.165) is 22.5 Å². The summed E-state index contributed by atoms with van der Waals surface area (Å²) in [6, 6.07) is 8.93. The minimum Gasteiger partial charge on any atom is -0.381 e. The molecule has 0 amide bonds. The first kappa shape index (κ1) is 22.3. The van der Waals surface area contributed by atoms with E-state index in [0.29, 0.717) is 11.8 Å². The van der Waals surface area contributed by atoms with Crippen LogP contribution in [0.4, 0.5) is 8.78 Å². The van der Waals surface area contributed by atoms with Crippen molar-refractivity contribution in [1.29, 1.82) is 0 Å². The first-order valence-corrected chi connectivity index (χ1v) is 10.6. The van der Waals surface area contributed by atoms with E-state index in [-0.39, 0.29) is 12.1 Å². The normalized spacial score (nSPS) is 14.1. The Balaban J connectivity index is 1.53. The van der Waals surface area contributed by atoms with Crippen LogP contribution < -0.4 is 5.69 Å². The second-order valence-corrected chi connectivity index (χ2v) is 8.03. The summed E-state index contributed by atoms with van der Waals surface area (Å²) in [6.07, 6.45) is 9.05. The predicted molar refractivity (Wildman–Crippen MR) is 120 cm³/mol. The molecule has 0 radical (unpaired) electrons. The molecule has 5 aromatic rings. The fourth-order valence-electron chi connectivity index (χ4n) is 4.00. The number of hydrogen-bond acceptors (Lipinski definition) is 6. The van der Waals surface area contributed by atoms with Crippen LogP contribution in [0.1, 0.15) is 18.5 Å². The summed E-state index contributed by atoms with van der Waals surface area (Å²) in [5.74, 6) is -1.75. The van der Waals surface area contributed by atoms with Crippen LogP contribution in [0.2, 0.25) is 0 Å². The van der Waals surface area contributed by atoms with E-state index in [1.165, 1.54) is 35.2 Å². The quantitative estimate of drug-likeness (QED) is 0.384. The molecule has 10 nitrogen and oxygen atoms in total. The summed E-state index contributed by atoms with van der Waals surface area (Å²) in [5, 5.41) is 19.9. The first-order chi connectivity index (χ1) is 16.9. The fourth-order valence-corrected chi connectivity index (χ4v) is 4.00. The van der Waals surface area contributed by atoms with Gasteiger partial charge in [0.05, 0.1) is 24.6 Å². The van der Waals surface area contributed by atoms with Crippen molar-refractivity contribution < 1.29 is 13.9 Å². The lowest BCUT2D eigenvalue weighted by molar-refractivity contribution is -0.0381. The summed E-state index contributed by atoms with van der Waals surface area (Å²) in [6.45, 7) is 1.27. The molecule has 1 N–H and O–H groups in total. The minimum atomic E-state index is -2.01. The third-order valence-electron chi connectivity index (χ3n) is 5.95. The summed E-state index contributed by atoms with van der Waals surface area (Å²) in [4.78, 5) is 21.2. The van der Waals surface area contributed by atoms with Gasteiger partial charge in [-0.25, -0.2) is 37.5 Å². The standard InChI is InChI=1S/C23H20F2N8O2/c1-16(23(35,11-31-14-27-12-28-31)20-7-2-17(24)10-21(20)25)33-22(34)32(15-29-33)19-5-3-18(4-6-19)30-9-8-26-13-30/h2-10,12-16,35H,11H2,1H3. The highest BCUT2D eigenvalue weighted by Crippen LogP contribution is 2.35. The smallest absolute Gasteiger partial charge is 0.350 e. The fraction of sp³-hybridized carbons (Fsp3) is 0.174. The highest BCUT2D eigenvalue weighted by Gasteiger charge is 2.41. The van der Waals surface area contributed by atoms with Crippen LogP contribution in [0.25, 0.3) is 11.4 Å². The Morgan fingerprint density at radius 2 is 1.77 bits per heavy atom. The molecule has 3 aromatic heterocycles. The van der Waals surface area contributed by atoms with Gasteiger partial charge in [-0.05, 0) is 37.3 Å². The van der Waals surface area contributed by atoms with Crippen LogP contribution in [-0.2, 0) is 12.1 Å². The molecule has 12 heteroatoms. The largest absolute Gasteiger partial charge is 0.381 e. The van der Waals surface area contributed by atoms with Crippen LogP contribution in [-0.4, -0.2) is 43.8 Å². The zero-order valence-corrected chi connectivity index (χ0v) is 18.5. The van der Waals surface area contributed by atoms with Gasteiger partial charge in [0.1, 0.15) is 36.2 Å². The Morgan fingerprint density at radius 1 is 1.00 bits per heavy atom. The zero-order valence-electron chi connectivity index (χ0n) is 18.5. The molecule has 0 bridgehead atoms. The lowest BCUT2D eigenvalue weighted by Crippen LogP contribution is -2.44. The summed E-state index contributed by atoms with van der Waals surface area (Å²) >= 11 is 0. The van der Waals surface area contributed by atoms with Crippen molar-refractivity contribution in [2.45, 2.75) is 25.1 Å². The molecule has 0 fully saturated rings. The van der Waals surface area contributed by atoms with E-state index in [9.17, 15) is 18.7 Å². The van der Waals surface area contributed by atoms with E-state index in [1.807, 2.05) is 16.7 Å². The van der Waals surface area contributed by atoms with Crippen molar-refractivity contribution in [3.05, 3.63) is 108 Å². The molecule has 178 valence electrons. The molecule has 0 saturated carbocycles. The van der Waals surface area contributed by atoms with Crippen LogP contribution in [0.5, 0.6) is 0 Å². The van der Waals surface area contributed by atoms with E-state index < -0.39 is 29.0 Å². The van der Waals surface area contributed by atoms with E-state index in [1.54, 1.807) is 30.9 Å². The minimum absolute atomic E-state index is 0.201. The average Bonchev–Trinajstić information content (AvgIpc) is 3.61. The molecule has 0 aliphatic carbocycles. The number of hydrogen-bond donors (Lipinski definition) is 1. The van der Waals surface area contributed by atoms with Crippen LogP contribution in [0.3, 0.4) is 0 Å². The summed E-state index contributed by atoms with van der Waals surface area (Å²) < 4.78 is 33.9. The molecule has 2 atom stereocenters. The molecular weight excluding hydrogens is 458 g/mol. The van der Waals surface area contributed by atoms with Gasteiger partial charge in [0.2, 0.25) is 0 Å². The lowest BCUT2D eigenvalue weighted by atomic mass is 9.86. The van der Waals surface area contributed by atoms with Gasteiger partial charge in [0, 0.05) is 29.7 Å². The van der Waals surface area contributed by atoms with Gasteiger partial charge < -0.3 is 9.67 Å². The van der Waals surface area contributed by atoms with Crippen LogP contribution >= 0.6 is 0 Å². The van der Waals surface area contributed by atoms with Gasteiger partial charge in [0.25, 0.3) is 0 Å². The van der Waals surface area contributed by atoms with Crippen molar-refractivity contribution in [3.8, 4) is 11.4 Å². The highest BCUT2D eigenvalue weighted by atomic mass is 19.1. The van der Waals surface area contributed by atoms with Crippen molar-refractivity contribution in [2.75, 3.05) is 0 Å². The zero-order chi connectivity index (χ0) is 24.6. The Hall–Kier alpha value is -4.45. The number of imidazole rings is 1. The second-order valence-electron chi connectivity index (χ2n) is 8.03. The monoisotopic (exact) mass is 478 g/mol. The maximum Gasteiger partial charge on any atom is 0.350 e. The topological polar surface area (TPSA) is 109 Å². The molecule has 0 aliphatic heterocycles. The molecule has 2 aromatic carbocycles. The van der Waals surface area contributed by atoms with Gasteiger partial charge >= 0.3 is 5.69 Å². The number of halogens is 2. The third kappa shape index (κ3) is 4.04. The molecule has 35 heavy (non-hydrogen) atoms. The Kier molecular flexibility index (Phi) is 5.57. The Bertz CT molecular complexity index is 1490. The molecule has 3 heterocycles. The van der Waals surface area contributed by atoms with Gasteiger partial charge in [-0.1, -0.05) is 6.07 Å². The summed E-state index contributed by atoms with van der Waals surface area (Å²) in [5.41, 5.74) is -1.36. The number of rotatable bonds is 7. The Labute approximate surface area is 197 Å². The van der Waals surface area contributed by atoms with Crippen molar-refractivity contribution in [2.24, 2.45) is 0 Å². The van der Waals surface area contributed by atoms with Gasteiger partial charge in [-0.2, -0.15) is 10.2 Å². The number of nitrogens with zero attached hydrogens (tertiary/aromatic N) is 8. The van der Waals surface area contributed by atoms with Crippen molar-refractivity contribution >= 4 is 0 Å². The van der Waals surface area contributed by atoms with Crippen molar-refractivity contribution in [3.63, 3.8) is 0 Å². The van der Waals surface area contributed by atoms with E-state index in [2.05, 4.69) is 20.2 Å². The third-order valence-corrected chi connectivity index (χ3v) is 5.95. The molecule has 2 unspecified atom stereocenters. The van der Waals surface area contributed by atoms with Gasteiger partial charge in [0.15, 0.2) is 0 Å². The molecular formula is C23H20F2N8O2. The van der Waals surface area contributed by atoms with Gasteiger partial charge in [-0.3, -0.25) is 0 Å². The molecule has 5 rings (SSSR count). The highest BCUT2D eigenvalue weighted by molar-refractivity contribution is 5.41. The van der Waals surface area contributed by atoms with Crippen LogP contribution in [0, 0.1) is 11.6 Å². The number of aromatic nitrogens is 8. The Morgan fingerprint density at radius 3 is 2.43 bits per heavy atom. The maximum atomic E-state index is 14.8. The average molecular weight is 478 g/mol. The molecule has 0 spiro atoms. The number of benzene rings is 2. The first-order valence-electron chi connectivity index (χ1n) is 10.6. The lowest BCUT2D eigenvalue weighted by Gasteiger charge is -2.34. The second kappa shape index (κ2) is 8.72. The maximum absolute atomic E-state index is 14.8. The number of aliphatic hydroxyl groups is 1. The van der Waals surface area contributed by atoms with E-state index >= 15 is 0 Å². The molecule has 0 aliphatic rings. The van der Waals surface area contributed by atoms with Crippen LogP contribution in [0.15, 0.2) is 85.0 Å². The summed E-state index contributed by atoms with van der Waals surface area (Å²) in [7, 11) is 0. The predicted octanol–water partition coefficient (Wildman–Crippen LogP) is 2.24. The SMILES string of the molecule is CC(n1ncn(-c2ccc(-n3ccnc3)cc2)c1=O)C(O)(Cn1cncn1)c1ccc(F)cc1F. The van der Waals surface area contributed by atoms with Gasteiger partial charge in [-0.15, -0.1) is 0 Å².